The van der Waals surface area contributed by atoms with Crippen molar-refractivity contribution in [2.75, 3.05) is 6.61 Å². The van der Waals surface area contributed by atoms with E-state index in [1.165, 1.54) is 20.8 Å². The minimum Gasteiger partial charge on any atom is -0.457 e. The molecule has 6 fully saturated rings. The van der Waals surface area contributed by atoms with Gasteiger partial charge in [0.2, 0.25) is 0 Å². The van der Waals surface area contributed by atoms with Gasteiger partial charge in [-0.25, -0.2) is 0 Å². The zero-order valence-electron chi connectivity index (χ0n) is 50.5. The van der Waals surface area contributed by atoms with Crippen LogP contribution >= 0.6 is 0 Å². The van der Waals surface area contributed by atoms with Crippen LogP contribution in [0, 0.1) is 5.92 Å². The molecule has 9 N–H and O–H groups in total. The number of hydrogen-bond donors (Lipinski definition) is 9. The predicted molar refractivity (Wildman–Crippen MR) is 294 cm³/mol. The summed E-state index contributed by atoms with van der Waals surface area (Å²) >= 11 is 0. The number of fused-ring (bicyclic) bond motifs is 2. The fraction of sp³-hybridized carbons (Fsp3) is 0.949. The summed E-state index contributed by atoms with van der Waals surface area (Å²) in [5.41, 5.74) is 0. The van der Waals surface area contributed by atoms with Gasteiger partial charge < -0.3 is 108 Å². The molecule has 0 amide bonds. The van der Waals surface area contributed by atoms with Crippen LogP contribution in [-0.4, -0.2) is 230 Å². The lowest BCUT2D eigenvalue weighted by atomic mass is 9.95. The summed E-state index contributed by atoms with van der Waals surface area (Å²) in [5, 5.41) is 102. The Labute approximate surface area is 494 Å². The molecule has 27 atom stereocenters. The van der Waals surface area contributed by atoms with Crippen molar-refractivity contribution in [2.45, 2.75) is 343 Å². The van der Waals surface area contributed by atoms with Crippen molar-refractivity contribution in [2.24, 2.45) is 5.92 Å². The van der Waals surface area contributed by atoms with E-state index in [-0.39, 0.29) is 18.9 Å². The summed E-state index contributed by atoms with van der Waals surface area (Å²) in [6, 6.07) is 0. The van der Waals surface area contributed by atoms with Gasteiger partial charge in [0.1, 0.15) is 79.4 Å². The van der Waals surface area contributed by atoms with Crippen LogP contribution in [0.25, 0.3) is 0 Å². The quantitative estimate of drug-likeness (QED) is 0.0453. The van der Waals surface area contributed by atoms with Gasteiger partial charge in [-0.1, -0.05) is 111 Å². The Morgan fingerprint density at radius 1 is 0.512 bits per heavy atom. The van der Waals surface area contributed by atoms with E-state index in [0.29, 0.717) is 38.5 Å². The Balaban J connectivity index is 1.36. The largest absolute Gasteiger partial charge is 0.457 e. The Bertz CT molecular complexity index is 1940. The Morgan fingerprint density at radius 2 is 1.08 bits per heavy atom. The van der Waals surface area contributed by atoms with E-state index in [4.69, 9.17) is 61.6 Å². The number of unbranched alkanes of at least 4 members (excludes halogenated alkanes) is 6. The SMILES string of the molecule is CCCCCCCCCC(=O)O[C@H]1[C@H](O[C@@H]2[C@@H](O)[C@H]3OC(=O)CCCCCCCCC[C@H](CCC)O[C@@H]4O[C@H](C)[C@@H](O)[C@H](O)[C@H]4O[C@@H]3O[C@H]2C)O[C@@H](C)[C@H](O[C@@H]2O[C@@H](C)[C@H](OC(=O)[C@@H](C)CC)[C@@H](O)[C@H]2O)[C@H]1O[C@@H]1O[C@H](CO)[C@@H](O)[C@H](O)[C@H]1O. The summed E-state index contributed by atoms with van der Waals surface area (Å²) in [4.78, 5) is 41.0. The molecule has 0 aromatic rings. The summed E-state index contributed by atoms with van der Waals surface area (Å²) < 4.78 is 81.6. The van der Waals surface area contributed by atoms with Crippen LogP contribution in [0.2, 0.25) is 0 Å². The topological polar surface area (TPSA) is 353 Å². The molecule has 0 bridgehead atoms. The maximum absolute atomic E-state index is 14.2. The average molecular weight is 1210 g/mol. The zero-order chi connectivity index (χ0) is 61.4. The van der Waals surface area contributed by atoms with Gasteiger partial charge >= 0.3 is 17.9 Å². The molecule has 0 radical (unpaired) electrons. The number of aliphatic hydroxyl groups is 9. The molecule has 0 aliphatic carbocycles. The molecule has 25 nitrogen and oxygen atoms in total. The van der Waals surface area contributed by atoms with Crippen LogP contribution in [-0.2, 0) is 76.0 Å². The molecule has 0 aromatic heterocycles. The predicted octanol–water partition coefficient (Wildman–Crippen LogP) is 2.74. The van der Waals surface area contributed by atoms with Gasteiger partial charge in [-0.05, 0) is 59.8 Å². The Hall–Kier alpha value is -2.35. The molecule has 0 saturated carbocycles. The highest BCUT2D eigenvalue weighted by atomic mass is 16.8. The van der Waals surface area contributed by atoms with Crippen LogP contribution in [0.15, 0.2) is 0 Å². The van der Waals surface area contributed by atoms with E-state index >= 15 is 0 Å². The highest BCUT2D eigenvalue weighted by Crippen LogP contribution is 2.39. The normalized spacial score (nSPS) is 42.7. The van der Waals surface area contributed by atoms with E-state index in [0.717, 1.165) is 77.0 Å². The van der Waals surface area contributed by atoms with E-state index in [2.05, 4.69) is 6.92 Å². The van der Waals surface area contributed by atoms with Crippen LogP contribution in [0.3, 0.4) is 0 Å². The van der Waals surface area contributed by atoms with Gasteiger partial charge in [-0.2, -0.15) is 0 Å². The van der Waals surface area contributed by atoms with Gasteiger partial charge in [-0.15, -0.1) is 0 Å². The van der Waals surface area contributed by atoms with Gasteiger partial charge in [-0.3, -0.25) is 14.4 Å². The molecule has 0 spiro atoms. The van der Waals surface area contributed by atoms with E-state index in [1.807, 2.05) is 6.92 Å². The highest BCUT2D eigenvalue weighted by molar-refractivity contribution is 5.72. The number of ether oxygens (including phenoxy) is 13. The molecule has 6 aliphatic heterocycles. The Kier molecular flexibility index (Phi) is 29.1. The second-order valence-corrected chi connectivity index (χ2v) is 23.9. The first-order valence-corrected chi connectivity index (χ1v) is 31.3. The van der Waals surface area contributed by atoms with Crippen LogP contribution in [0.5, 0.6) is 0 Å². The molecular formula is C59H102O25. The van der Waals surface area contributed by atoms with Crippen molar-refractivity contribution in [1.29, 1.82) is 0 Å². The molecule has 6 aliphatic rings. The van der Waals surface area contributed by atoms with E-state index in [9.17, 15) is 60.3 Å². The number of aliphatic hydroxyl groups excluding tert-OH is 9. The lowest BCUT2D eigenvalue weighted by molar-refractivity contribution is -0.400. The lowest BCUT2D eigenvalue weighted by Gasteiger charge is -2.51. The molecule has 0 unspecified atom stereocenters. The van der Waals surface area contributed by atoms with Crippen molar-refractivity contribution >= 4 is 17.9 Å². The van der Waals surface area contributed by atoms with E-state index < -0.39 is 184 Å². The third kappa shape index (κ3) is 18.9. The van der Waals surface area contributed by atoms with Crippen LogP contribution in [0.1, 0.15) is 184 Å². The minimum absolute atomic E-state index is 0.0374. The van der Waals surface area contributed by atoms with E-state index in [1.54, 1.807) is 20.8 Å². The highest BCUT2D eigenvalue weighted by Gasteiger charge is 2.59. The molecule has 6 rings (SSSR count). The molecule has 488 valence electrons. The maximum atomic E-state index is 14.2. The first kappa shape index (κ1) is 70.7. The third-order valence-corrected chi connectivity index (χ3v) is 17.2. The van der Waals surface area contributed by atoms with Crippen LogP contribution in [0.4, 0.5) is 0 Å². The summed E-state index contributed by atoms with van der Waals surface area (Å²) in [6.07, 6.45) is -25.5. The zero-order valence-corrected chi connectivity index (χ0v) is 50.5. The molecule has 6 heterocycles. The molecule has 6 saturated heterocycles. The molecule has 84 heavy (non-hydrogen) atoms. The van der Waals surface area contributed by atoms with Gasteiger partial charge in [0, 0.05) is 12.8 Å². The van der Waals surface area contributed by atoms with Gasteiger partial charge in [0.25, 0.3) is 0 Å². The van der Waals surface area contributed by atoms with Gasteiger partial charge in [0.15, 0.2) is 49.8 Å². The van der Waals surface area contributed by atoms with Crippen LogP contribution < -0.4 is 0 Å². The number of carbonyl (C=O) groups is 3. The summed E-state index contributed by atoms with van der Waals surface area (Å²) in [6.45, 7) is 12.8. The van der Waals surface area contributed by atoms with Gasteiger partial charge in [0.05, 0.1) is 43.0 Å². The Morgan fingerprint density at radius 3 is 1.76 bits per heavy atom. The monoisotopic (exact) mass is 1210 g/mol. The second-order valence-electron chi connectivity index (χ2n) is 23.9. The first-order valence-electron chi connectivity index (χ1n) is 31.3. The summed E-state index contributed by atoms with van der Waals surface area (Å²) in [5.74, 6) is -2.67. The third-order valence-electron chi connectivity index (χ3n) is 17.2. The first-order chi connectivity index (χ1) is 40.1. The molecular weight excluding hydrogens is 1110 g/mol. The number of esters is 3. The number of carbonyl (C=O) groups excluding carboxylic acids is 3. The smallest absolute Gasteiger partial charge is 0.309 e. The average Bonchev–Trinajstić information content (AvgIpc) is 1.54. The van der Waals surface area contributed by atoms with Crippen molar-refractivity contribution in [3.8, 4) is 0 Å². The number of hydrogen-bond acceptors (Lipinski definition) is 25. The fourth-order valence-corrected chi connectivity index (χ4v) is 11.7. The fourth-order valence-electron chi connectivity index (χ4n) is 11.7. The molecule has 0 aromatic carbocycles. The summed E-state index contributed by atoms with van der Waals surface area (Å²) in [7, 11) is 0. The van der Waals surface area contributed by atoms with Crippen molar-refractivity contribution in [3.63, 3.8) is 0 Å². The minimum atomic E-state index is -2.01. The van der Waals surface area contributed by atoms with Crippen molar-refractivity contribution in [1.82, 2.24) is 0 Å². The standard InChI is InChI=1S/C59H102O25/c1-9-12-13-14-16-20-24-28-38(62)79-53-52(84-56-44(68)41(65)40(64)36(29-60)77-56)49(82-55-45(69)43(67)47(32(6)73-55)80-54(71)30(4)11-3)34(8)75-59(53)81-48-33(7)74-58-51(46(48)70)78-37(61)27-23-21-18-15-17-19-22-26-35(25-10-2)76-57-50(83-58)42(66)39(63)31(5)72-57/h30-36,39-53,55-60,63-70H,9-29H2,1-8H3/t30-,31+,32-,33-,34-,35-,36+,39+,40+,41-,42-,43-,44+,45+,46+,47-,48-,49-,50+,51+,52+,53+,55-,56-,57-,58-,59-/m0/s1. The lowest BCUT2D eigenvalue weighted by Crippen LogP contribution is -2.68. The second kappa shape index (κ2) is 34.6. The van der Waals surface area contributed by atoms with Crippen molar-refractivity contribution in [3.05, 3.63) is 0 Å². The molecule has 25 heteroatoms. The van der Waals surface area contributed by atoms with Crippen molar-refractivity contribution < 1.29 is 122 Å². The number of rotatable bonds is 21. The maximum Gasteiger partial charge on any atom is 0.309 e.